The van der Waals surface area contributed by atoms with Crippen molar-refractivity contribution in [1.29, 1.82) is 0 Å². The number of likely N-dealkylation sites (N-methyl/N-ethyl adjacent to an activating group) is 1. The summed E-state index contributed by atoms with van der Waals surface area (Å²) in [5.74, 6) is -1.31. The van der Waals surface area contributed by atoms with E-state index < -0.39 is 35.2 Å². The summed E-state index contributed by atoms with van der Waals surface area (Å²) in [6.45, 7) is 16.4. The molecule has 0 aliphatic rings. The third-order valence-electron chi connectivity index (χ3n) is 4.84. The highest BCUT2D eigenvalue weighted by Crippen LogP contribution is 2.28. The molecular weight excluding hydrogens is 360 g/mol. The fraction of sp³-hybridized carbons (Fsp3) is 0.762. The fourth-order valence-electron chi connectivity index (χ4n) is 2.65. The molecule has 7 nitrogen and oxygen atoms in total. The summed E-state index contributed by atoms with van der Waals surface area (Å²) in [4.78, 5) is 38.4. The molecule has 7 heteroatoms. The van der Waals surface area contributed by atoms with Crippen LogP contribution in [0.25, 0.3) is 0 Å². The van der Waals surface area contributed by atoms with Gasteiger partial charge in [-0.2, -0.15) is 0 Å². The highest BCUT2D eigenvalue weighted by Gasteiger charge is 2.39. The van der Waals surface area contributed by atoms with Gasteiger partial charge in [-0.1, -0.05) is 40.7 Å². The number of carboxylic acid groups (broad SMARTS) is 1. The number of amides is 2. The average molecular weight is 399 g/mol. The largest absolute Gasteiger partial charge is 0.478 e. The van der Waals surface area contributed by atoms with Gasteiger partial charge in [0.15, 0.2) is 0 Å². The Morgan fingerprint density at radius 1 is 1.14 bits per heavy atom. The molecular formula is C21H38N2O5. The SMILES string of the molecule is CCC(C)(C)C(NC(=O)OC(C)(C)C)C(=O)N(C)[C@H](C=C(C)C(=O)O)C(C)C. The normalized spacial score (nSPS) is 15.0. The Balaban J connectivity index is 5.82. The van der Waals surface area contributed by atoms with Crippen molar-refractivity contribution >= 4 is 18.0 Å². The Hall–Kier alpha value is -2.05. The van der Waals surface area contributed by atoms with E-state index in [9.17, 15) is 19.5 Å². The summed E-state index contributed by atoms with van der Waals surface area (Å²) in [5, 5.41) is 11.9. The van der Waals surface area contributed by atoms with Gasteiger partial charge >= 0.3 is 12.1 Å². The Morgan fingerprint density at radius 2 is 1.64 bits per heavy atom. The summed E-state index contributed by atoms with van der Waals surface area (Å²) in [6, 6.07) is -1.23. The van der Waals surface area contributed by atoms with Crippen molar-refractivity contribution in [2.24, 2.45) is 11.3 Å². The first-order valence-corrected chi connectivity index (χ1v) is 9.71. The summed E-state index contributed by atoms with van der Waals surface area (Å²) < 4.78 is 5.33. The maximum Gasteiger partial charge on any atom is 0.408 e. The number of aliphatic carboxylic acids is 1. The van der Waals surface area contributed by atoms with Gasteiger partial charge in [0.2, 0.25) is 5.91 Å². The minimum absolute atomic E-state index is 0.00448. The molecule has 0 aromatic carbocycles. The smallest absolute Gasteiger partial charge is 0.408 e. The molecule has 0 aromatic heterocycles. The topological polar surface area (TPSA) is 95.9 Å². The number of carbonyl (C=O) groups excluding carboxylic acids is 2. The van der Waals surface area contributed by atoms with Crippen LogP contribution in [0.1, 0.15) is 68.7 Å². The molecule has 0 radical (unpaired) electrons. The monoisotopic (exact) mass is 398 g/mol. The van der Waals surface area contributed by atoms with Gasteiger partial charge in [-0.25, -0.2) is 9.59 Å². The van der Waals surface area contributed by atoms with Crippen LogP contribution in [0.4, 0.5) is 4.79 Å². The van der Waals surface area contributed by atoms with Crippen molar-refractivity contribution in [3.8, 4) is 0 Å². The third kappa shape index (κ3) is 7.90. The summed E-state index contributed by atoms with van der Waals surface area (Å²) >= 11 is 0. The second kappa shape index (κ2) is 9.94. The highest BCUT2D eigenvalue weighted by atomic mass is 16.6. The molecule has 0 heterocycles. The van der Waals surface area contributed by atoms with Gasteiger partial charge in [-0.15, -0.1) is 0 Å². The third-order valence-corrected chi connectivity index (χ3v) is 4.84. The number of hydrogen-bond acceptors (Lipinski definition) is 4. The second-order valence-electron chi connectivity index (χ2n) is 9.26. The van der Waals surface area contributed by atoms with Crippen LogP contribution in [0.2, 0.25) is 0 Å². The standard InChI is InChI=1S/C21H38N2O5/c1-11-21(8,9)16(22-19(27)28-20(5,6)7)17(24)23(10)15(13(2)3)12-14(4)18(25)26/h12-13,15-16H,11H2,1-10H3,(H,22,27)(H,25,26)/t15-,16?/m1/s1. The number of rotatable bonds is 8. The van der Waals surface area contributed by atoms with E-state index in [1.165, 1.54) is 11.8 Å². The van der Waals surface area contributed by atoms with Crippen LogP contribution in [0, 0.1) is 11.3 Å². The van der Waals surface area contributed by atoms with Gasteiger partial charge in [0.1, 0.15) is 11.6 Å². The van der Waals surface area contributed by atoms with Crippen LogP contribution in [0.3, 0.4) is 0 Å². The second-order valence-corrected chi connectivity index (χ2v) is 9.26. The summed E-state index contributed by atoms with van der Waals surface area (Å²) in [6.07, 6.45) is 1.58. The maximum atomic E-state index is 13.3. The number of alkyl carbamates (subject to hydrolysis) is 1. The number of nitrogens with zero attached hydrogens (tertiary/aromatic N) is 1. The van der Waals surface area contributed by atoms with Crippen LogP contribution in [-0.2, 0) is 14.3 Å². The molecule has 0 aliphatic heterocycles. The lowest BCUT2D eigenvalue weighted by Crippen LogP contribution is -2.57. The predicted molar refractivity (Wildman–Crippen MR) is 110 cm³/mol. The molecule has 2 atom stereocenters. The van der Waals surface area contributed by atoms with E-state index in [1.54, 1.807) is 33.9 Å². The van der Waals surface area contributed by atoms with Gasteiger partial charge in [-0.3, -0.25) is 4.79 Å². The molecule has 0 aromatic rings. The molecule has 0 saturated carbocycles. The van der Waals surface area contributed by atoms with Gasteiger partial charge in [0.05, 0.1) is 6.04 Å². The zero-order valence-electron chi connectivity index (χ0n) is 19.0. The van der Waals surface area contributed by atoms with E-state index in [0.717, 1.165) is 0 Å². The van der Waals surface area contributed by atoms with E-state index in [1.807, 2.05) is 34.6 Å². The lowest BCUT2D eigenvalue weighted by atomic mass is 9.80. The molecule has 0 bridgehead atoms. The van der Waals surface area contributed by atoms with Crippen LogP contribution < -0.4 is 5.32 Å². The van der Waals surface area contributed by atoms with Crippen molar-refractivity contribution in [1.82, 2.24) is 10.2 Å². The summed E-state index contributed by atoms with van der Waals surface area (Å²) in [5.41, 5.74) is -1.03. The zero-order chi connectivity index (χ0) is 22.4. The van der Waals surface area contributed by atoms with Gasteiger partial charge in [0.25, 0.3) is 0 Å². The molecule has 0 spiro atoms. The molecule has 0 rings (SSSR count). The number of hydrogen-bond donors (Lipinski definition) is 2. The number of ether oxygens (including phenoxy) is 1. The molecule has 2 N–H and O–H groups in total. The summed E-state index contributed by atoms with van der Waals surface area (Å²) in [7, 11) is 1.63. The lowest BCUT2D eigenvalue weighted by molar-refractivity contribution is -0.137. The van der Waals surface area contributed by atoms with Crippen LogP contribution >= 0.6 is 0 Å². The highest BCUT2D eigenvalue weighted by molar-refractivity contribution is 5.88. The Bertz CT molecular complexity index is 602. The molecule has 0 saturated heterocycles. The quantitative estimate of drug-likeness (QED) is 0.606. The molecule has 28 heavy (non-hydrogen) atoms. The minimum Gasteiger partial charge on any atom is -0.478 e. The van der Waals surface area contributed by atoms with Gasteiger partial charge < -0.3 is 20.1 Å². The molecule has 162 valence electrons. The molecule has 0 aliphatic carbocycles. The number of carboxylic acids is 1. The first-order valence-electron chi connectivity index (χ1n) is 9.71. The molecule has 1 unspecified atom stereocenters. The van der Waals surface area contributed by atoms with E-state index in [2.05, 4.69) is 5.32 Å². The zero-order valence-corrected chi connectivity index (χ0v) is 19.0. The molecule has 2 amide bonds. The van der Waals surface area contributed by atoms with Crippen molar-refractivity contribution in [2.45, 2.75) is 86.4 Å². The maximum absolute atomic E-state index is 13.3. The Labute approximate surface area is 169 Å². The van der Waals surface area contributed by atoms with Crippen LogP contribution in [0.5, 0.6) is 0 Å². The van der Waals surface area contributed by atoms with E-state index in [0.29, 0.717) is 6.42 Å². The van der Waals surface area contributed by atoms with Crippen molar-refractivity contribution in [3.05, 3.63) is 11.6 Å². The van der Waals surface area contributed by atoms with Crippen LogP contribution in [0.15, 0.2) is 11.6 Å². The Morgan fingerprint density at radius 3 is 2.00 bits per heavy atom. The predicted octanol–water partition coefficient (Wildman–Crippen LogP) is 3.83. The first-order chi connectivity index (χ1) is 12.5. The molecule has 0 fully saturated rings. The van der Waals surface area contributed by atoms with Crippen LogP contribution in [-0.4, -0.2) is 52.7 Å². The Kier molecular flexibility index (Phi) is 9.21. The van der Waals surface area contributed by atoms with E-state index in [4.69, 9.17) is 4.74 Å². The van der Waals surface area contributed by atoms with Gasteiger partial charge in [0, 0.05) is 12.6 Å². The van der Waals surface area contributed by atoms with Crippen molar-refractivity contribution in [2.75, 3.05) is 7.05 Å². The van der Waals surface area contributed by atoms with Gasteiger partial charge in [-0.05, 0) is 45.4 Å². The van der Waals surface area contributed by atoms with Crippen molar-refractivity contribution in [3.63, 3.8) is 0 Å². The average Bonchev–Trinajstić information content (AvgIpc) is 2.53. The fourth-order valence-corrected chi connectivity index (χ4v) is 2.65. The minimum atomic E-state index is -1.02. The first kappa shape index (κ1) is 26.0. The number of carbonyl (C=O) groups is 3. The van der Waals surface area contributed by atoms with E-state index >= 15 is 0 Å². The number of nitrogens with one attached hydrogen (secondary N) is 1. The van der Waals surface area contributed by atoms with E-state index in [-0.39, 0.29) is 17.4 Å². The van der Waals surface area contributed by atoms with Crippen molar-refractivity contribution < 1.29 is 24.2 Å². The lowest BCUT2D eigenvalue weighted by Gasteiger charge is -2.38.